The average Bonchev–Trinajstić information content (AvgIpc) is 2.54. The third-order valence-corrected chi connectivity index (χ3v) is 3.46. The summed E-state index contributed by atoms with van der Waals surface area (Å²) in [6.45, 7) is 5.89. The number of anilines is 1. The number of ether oxygens (including phenoxy) is 2. The number of hydrogen-bond donors (Lipinski definition) is 1. The highest BCUT2D eigenvalue weighted by Crippen LogP contribution is 2.16. The van der Waals surface area contributed by atoms with Gasteiger partial charge in [-0.25, -0.2) is 4.79 Å². The van der Waals surface area contributed by atoms with Crippen molar-refractivity contribution in [1.82, 2.24) is 4.90 Å². The summed E-state index contributed by atoms with van der Waals surface area (Å²) in [5, 5.41) is 2.79. The van der Waals surface area contributed by atoms with Gasteiger partial charge in [-0.1, -0.05) is 12.1 Å². The molecule has 2 rings (SSSR count). The number of amides is 1. The van der Waals surface area contributed by atoms with E-state index < -0.39 is 5.97 Å². The Hall–Kier alpha value is -1.92. The van der Waals surface area contributed by atoms with Crippen LogP contribution in [0.15, 0.2) is 24.3 Å². The molecule has 1 aromatic rings. The number of nitrogens with zero attached hydrogens (tertiary/aromatic N) is 1. The van der Waals surface area contributed by atoms with Crippen LogP contribution >= 0.6 is 0 Å². The van der Waals surface area contributed by atoms with Gasteiger partial charge < -0.3 is 14.8 Å². The van der Waals surface area contributed by atoms with Crippen molar-refractivity contribution in [3.05, 3.63) is 29.8 Å². The van der Waals surface area contributed by atoms with Gasteiger partial charge >= 0.3 is 5.97 Å². The third-order valence-electron chi connectivity index (χ3n) is 3.46. The molecular weight excluding hydrogens is 284 g/mol. The Morgan fingerprint density at radius 1 is 1.27 bits per heavy atom. The molecular formula is C16H22N2O4. The molecule has 1 heterocycles. The summed E-state index contributed by atoms with van der Waals surface area (Å²) in [6, 6.07) is 6.88. The number of carbonyl (C=O) groups excluding carboxylic acids is 2. The van der Waals surface area contributed by atoms with E-state index in [0.717, 1.165) is 13.1 Å². The quantitative estimate of drug-likeness (QED) is 0.807. The lowest BCUT2D eigenvalue weighted by Gasteiger charge is -2.26. The van der Waals surface area contributed by atoms with Crippen LogP contribution in [0.4, 0.5) is 5.69 Å². The van der Waals surface area contributed by atoms with Crippen LogP contribution in [0.25, 0.3) is 0 Å². The number of para-hydroxylation sites is 1. The topological polar surface area (TPSA) is 67.9 Å². The minimum Gasteiger partial charge on any atom is -0.462 e. The van der Waals surface area contributed by atoms with Crippen LogP contribution in [0.2, 0.25) is 0 Å². The van der Waals surface area contributed by atoms with Gasteiger partial charge in [-0.15, -0.1) is 0 Å². The Bertz CT molecular complexity index is 513. The monoisotopic (exact) mass is 306 g/mol. The summed E-state index contributed by atoms with van der Waals surface area (Å²) >= 11 is 0. The lowest BCUT2D eigenvalue weighted by molar-refractivity contribution is -0.116. The molecule has 0 saturated carbocycles. The fourth-order valence-corrected chi connectivity index (χ4v) is 2.28. The summed E-state index contributed by atoms with van der Waals surface area (Å²) in [4.78, 5) is 26.1. The lowest BCUT2D eigenvalue weighted by atomic mass is 10.1. The number of carbonyl (C=O) groups is 2. The lowest BCUT2D eigenvalue weighted by Crippen LogP contribution is -2.38. The van der Waals surface area contributed by atoms with Gasteiger partial charge in [-0.05, 0) is 19.1 Å². The molecule has 0 atom stereocenters. The van der Waals surface area contributed by atoms with Crippen LogP contribution in [0.1, 0.15) is 23.7 Å². The highest BCUT2D eigenvalue weighted by atomic mass is 16.5. The Balaban J connectivity index is 1.89. The van der Waals surface area contributed by atoms with Crippen molar-refractivity contribution in [1.29, 1.82) is 0 Å². The first-order valence-electron chi connectivity index (χ1n) is 7.57. The van der Waals surface area contributed by atoms with Crippen molar-refractivity contribution in [3.63, 3.8) is 0 Å². The first-order valence-corrected chi connectivity index (χ1v) is 7.57. The highest BCUT2D eigenvalue weighted by molar-refractivity contribution is 6.01. The maximum absolute atomic E-state index is 12.1. The van der Waals surface area contributed by atoms with E-state index in [1.54, 1.807) is 31.2 Å². The summed E-state index contributed by atoms with van der Waals surface area (Å²) < 4.78 is 10.3. The van der Waals surface area contributed by atoms with Gasteiger partial charge in [0.05, 0.1) is 31.1 Å². The minimum atomic E-state index is -0.424. The van der Waals surface area contributed by atoms with Gasteiger partial charge in [-0.3, -0.25) is 9.69 Å². The Labute approximate surface area is 130 Å². The van der Waals surface area contributed by atoms with E-state index >= 15 is 0 Å². The second-order valence-electron chi connectivity index (χ2n) is 5.02. The summed E-state index contributed by atoms with van der Waals surface area (Å²) in [7, 11) is 0. The molecule has 1 aliphatic heterocycles. The van der Waals surface area contributed by atoms with Crippen LogP contribution in [-0.4, -0.2) is 56.2 Å². The van der Waals surface area contributed by atoms with Crippen LogP contribution in [0, 0.1) is 0 Å². The van der Waals surface area contributed by atoms with Crippen molar-refractivity contribution in [2.24, 2.45) is 0 Å². The van der Waals surface area contributed by atoms with Gasteiger partial charge in [0.25, 0.3) is 0 Å². The number of esters is 1. The second-order valence-corrected chi connectivity index (χ2v) is 5.02. The molecule has 1 aromatic carbocycles. The minimum absolute atomic E-state index is 0.108. The standard InChI is InChI=1S/C16H22N2O4/c1-2-22-16(20)13-5-3-4-6-14(13)17-15(19)7-8-18-9-11-21-12-10-18/h3-6H,2,7-12H2,1H3,(H,17,19). The van der Waals surface area contributed by atoms with E-state index in [1.807, 2.05) is 0 Å². The predicted molar refractivity (Wildman–Crippen MR) is 82.9 cm³/mol. The molecule has 1 fully saturated rings. The molecule has 22 heavy (non-hydrogen) atoms. The SMILES string of the molecule is CCOC(=O)c1ccccc1NC(=O)CCN1CCOCC1. The zero-order chi connectivity index (χ0) is 15.8. The van der Waals surface area contributed by atoms with E-state index in [0.29, 0.717) is 44.0 Å². The Morgan fingerprint density at radius 2 is 2.00 bits per heavy atom. The average molecular weight is 306 g/mol. The highest BCUT2D eigenvalue weighted by Gasteiger charge is 2.15. The maximum atomic E-state index is 12.1. The Kier molecular flexibility index (Phi) is 6.36. The molecule has 0 radical (unpaired) electrons. The molecule has 120 valence electrons. The maximum Gasteiger partial charge on any atom is 0.340 e. The molecule has 0 bridgehead atoms. The normalized spacial score (nSPS) is 15.3. The van der Waals surface area contributed by atoms with E-state index in [2.05, 4.69) is 10.2 Å². The van der Waals surface area contributed by atoms with Crippen molar-refractivity contribution >= 4 is 17.6 Å². The number of morpholine rings is 1. The van der Waals surface area contributed by atoms with Crippen molar-refractivity contribution in [2.45, 2.75) is 13.3 Å². The molecule has 0 unspecified atom stereocenters. The second kappa shape index (κ2) is 8.51. The molecule has 6 heteroatoms. The number of benzene rings is 1. The first kappa shape index (κ1) is 16.5. The third kappa shape index (κ3) is 4.82. The van der Waals surface area contributed by atoms with Gasteiger partial charge in [-0.2, -0.15) is 0 Å². The molecule has 0 aromatic heterocycles. The molecule has 1 amide bonds. The number of nitrogens with one attached hydrogen (secondary N) is 1. The summed E-state index contributed by atoms with van der Waals surface area (Å²) in [6.07, 6.45) is 0.386. The van der Waals surface area contributed by atoms with E-state index in [1.165, 1.54) is 0 Å². The molecule has 1 aliphatic rings. The van der Waals surface area contributed by atoms with Gasteiger partial charge in [0.2, 0.25) is 5.91 Å². The number of rotatable bonds is 6. The van der Waals surface area contributed by atoms with Gasteiger partial charge in [0.1, 0.15) is 0 Å². The largest absolute Gasteiger partial charge is 0.462 e. The summed E-state index contributed by atoms with van der Waals surface area (Å²) in [5.74, 6) is -0.533. The van der Waals surface area contributed by atoms with Crippen molar-refractivity contribution in [2.75, 3.05) is 44.8 Å². The Morgan fingerprint density at radius 3 is 2.73 bits per heavy atom. The zero-order valence-corrected chi connectivity index (χ0v) is 12.8. The predicted octanol–water partition coefficient (Wildman–Crippen LogP) is 1.52. The van der Waals surface area contributed by atoms with Crippen molar-refractivity contribution < 1.29 is 19.1 Å². The van der Waals surface area contributed by atoms with Gasteiger partial charge in [0.15, 0.2) is 0 Å². The molecule has 1 saturated heterocycles. The van der Waals surface area contributed by atoms with Crippen molar-refractivity contribution in [3.8, 4) is 0 Å². The van der Waals surface area contributed by atoms with Crippen LogP contribution in [0.3, 0.4) is 0 Å². The summed E-state index contributed by atoms with van der Waals surface area (Å²) in [5.41, 5.74) is 0.872. The van der Waals surface area contributed by atoms with E-state index in [4.69, 9.17) is 9.47 Å². The van der Waals surface area contributed by atoms with E-state index in [-0.39, 0.29) is 5.91 Å². The zero-order valence-electron chi connectivity index (χ0n) is 12.8. The number of hydrogen-bond acceptors (Lipinski definition) is 5. The van der Waals surface area contributed by atoms with Crippen LogP contribution in [-0.2, 0) is 14.3 Å². The fraction of sp³-hybridized carbons (Fsp3) is 0.500. The van der Waals surface area contributed by atoms with Crippen LogP contribution in [0.5, 0.6) is 0 Å². The first-order chi connectivity index (χ1) is 10.7. The van der Waals surface area contributed by atoms with E-state index in [9.17, 15) is 9.59 Å². The fourth-order valence-electron chi connectivity index (χ4n) is 2.28. The van der Waals surface area contributed by atoms with Crippen LogP contribution < -0.4 is 5.32 Å². The van der Waals surface area contributed by atoms with Gasteiger partial charge in [0, 0.05) is 26.1 Å². The molecule has 0 spiro atoms. The molecule has 1 N–H and O–H groups in total. The molecule has 6 nitrogen and oxygen atoms in total. The smallest absolute Gasteiger partial charge is 0.340 e. The molecule has 0 aliphatic carbocycles.